The third-order valence-electron chi connectivity index (χ3n) is 9.59. The molecule has 7 nitrogen and oxygen atoms in total. The van der Waals surface area contributed by atoms with Crippen molar-refractivity contribution in [3.05, 3.63) is 12.2 Å². The standard InChI is InChI=1S/C38H71NO6/c1-5-9-10-11-12-13-14-15-16-17-18-19-20-21-22-23-24-25-26-27-28-32-39(33(29-6-2)36(40)41,34(30-7-3)37(42)43)35(31-8-4)38(44)45/h14-15,33-35H,5-13,16-32H2,1-4H3,(H2-,40,41,42,43,44,45)/p+1/b15-14+. The Labute approximate surface area is 276 Å². The Morgan fingerprint density at radius 1 is 0.444 bits per heavy atom. The molecule has 7 heteroatoms. The van der Waals surface area contributed by atoms with Gasteiger partial charge in [0.25, 0.3) is 0 Å². The van der Waals surface area contributed by atoms with Crippen molar-refractivity contribution in [1.82, 2.24) is 0 Å². The van der Waals surface area contributed by atoms with Gasteiger partial charge in [-0.2, -0.15) is 0 Å². The van der Waals surface area contributed by atoms with Crippen LogP contribution in [0.15, 0.2) is 12.2 Å². The predicted octanol–water partition coefficient (Wildman–Crippen LogP) is 10.6. The summed E-state index contributed by atoms with van der Waals surface area (Å²) in [7, 11) is 0. The molecular formula is C38H72NO6+. The number of allylic oxidation sites excluding steroid dienone is 2. The van der Waals surface area contributed by atoms with Gasteiger partial charge < -0.3 is 15.3 Å². The van der Waals surface area contributed by atoms with Crippen molar-refractivity contribution in [3.8, 4) is 0 Å². The van der Waals surface area contributed by atoms with Gasteiger partial charge in [0, 0.05) is 19.3 Å². The van der Waals surface area contributed by atoms with Gasteiger partial charge in [-0.3, -0.25) is 4.48 Å². The summed E-state index contributed by atoms with van der Waals surface area (Å²) in [6, 6.07) is -3.13. The summed E-state index contributed by atoms with van der Waals surface area (Å²) in [4.78, 5) is 37.8. The number of carboxylic acids is 3. The Kier molecular flexibility index (Phi) is 27.2. The number of nitrogens with zero attached hydrogens (tertiary/aromatic N) is 1. The Balaban J connectivity index is 4.66. The van der Waals surface area contributed by atoms with Crippen molar-refractivity contribution in [2.24, 2.45) is 0 Å². The highest BCUT2D eigenvalue weighted by molar-refractivity contribution is 5.78. The predicted molar refractivity (Wildman–Crippen MR) is 187 cm³/mol. The number of carbonyl (C=O) groups is 3. The van der Waals surface area contributed by atoms with Gasteiger partial charge in [0.2, 0.25) is 0 Å². The largest absolute Gasteiger partial charge is 0.477 e. The van der Waals surface area contributed by atoms with Crippen LogP contribution in [0.5, 0.6) is 0 Å². The first-order valence-corrected chi connectivity index (χ1v) is 18.9. The molecule has 0 aromatic heterocycles. The Morgan fingerprint density at radius 2 is 0.733 bits per heavy atom. The van der Waals surface area contributed by atoms with E-state index in [1.54, 1.807) is 0 Å². The molecule has 0 heterocycles. The fourth-order valence-electron chi connectivity index (χ4n) is 7.16. The number of unbranched alkanes of at least 4 members (excludes halogenated alkanes) is 17. The summed E-state index contributed by atoms with van der Waals surface area (Å²) in [6.07, 6.45) is 30.3. The number of hydrogen-bond donors (Lipinski definition) is 3. The van der Waals surface area contributed by atoms with Crippen LogP contribution in [0.1, 0.15) is 188 Å². The molecule has 0 amide bonds. The third kappa shape index (κ3) is 18.1. The molecule has 0 saturated carbocycles. The van der Waals surface area contributed by atoms with E-state index in [0.29, 0.717) is 25.7 Å². The molecule has 0 fully saturated rings. The van der Waals surface area contributed by atoms with Gasteiger partial charge in [-0.1, -0.05) is 123 Å². The summed E-state index contributed by atoms with van der Waals surface area (Å²) in [5, 5.41) is 30.9. The summed E-state index contributed by atoms with van der Waals surface area (Å²) in [5.74, 6) is -3.24. The van der Waals surface area contributed by atoms with Gasteiger partial charge in [-0.05, 0) is 57.8 Å². The van der Waals surface area contributed by atoms with Crippen LogP contribution in [0.3, 0.4) is 0 Å². The van der Waals surface area contributed by atoms with Crippen molar-refractivity contribution in [3.63, 3.8) is 0 Å². The zero-order valence-corrected chi connectivity index (χ0v) is 29.8. The number of aliphatic carboxylic acids is 3. The Hall–Kier alpha value is -1.89. The smallest absolute Gasteiger partial charge is 0.362 e. The summed E-state index contributed by atoms with van der Waals surface area (Å²) in [6.45, 7) is 8.18. The van der Waals surface area contributed by atoms with E-state index in [0.717, 1.165) is 19.3 Å². The quantitative estimate of drug-likeness (QED) is 0.0374. The van der Waals surface area contributed by atoms with E-state index < -0.39 is 36.0 Å². The van der Waals surface area contributed by atoms with Gasteiger partial charge in [-0.15, -0.1) is 0 Å². The third-order valence-corrected chi connectivity index (χ3v) is 9.59. The molecule has 3 unspecified atom stereocenters. The fraction of sp³-hybridized carbons (Fsp3) is 0.868. The van der Waals surface area contributed by atoms with Crippen LogP contribution >= 0.6 is 0 Å². The van der Waals surface area contributed by atoms with Crippen LogP contribution in [0.2, 0.25) is 0 Å². The maximum Gasteiger partial charge on any atom is 0.362 e. The Morgan fingerprint density at radius 3 is 1.02 bits per heavy atom. The molecule has 264 valence electrons. The minimum atomic E-state index is -1.08. The van der Waals surface area contributed by atoms with E-state index in [4.69, 9.17) is 0 Å². The van der Waals surface area contributed by atoms with Crippen LogP contribution in [0.25, 0.3) is 0 Å². The summed E-state index contributed by atoms with van der Waals surface area (Å²) >= 11 is 0. The second-order valence-corrected chi connectivity index (χ2v) is 13.4. The van der Waals surface area contributed by atoms with E-state index in [9.17, 15) is 29.7 Å². The first kappa shape index (κ1) is 43.1. The molecule has 0 aliphatic heterocycles. The van der Waals surface area contributed by atoms with Gasteiger partial charge >= 0.3 is 17.9 Å². The lowest BCUT2D eigenvalue weighted by atomic mass is 9.91. The lowest BCUT2D eigenvalue weighted by molar-refractivity contribution is -0.973. The van der Waals surface area contributed by atoms with Gasteiger partial charge in [-0.25, -0.2) is 14.4 Å². The lowest BCUT2D eigenvalue weighted by Crippen LogP contribution is -2.72. The minimum Gasteiger partial charge on any atom is -0.477 e. The van der Waals surface area contributed by atoms with Crippen molar-refractivity contribution in [1.29, 1.82) is 0 Å². The number of quaternary nitrogens is 1. The van der Waals surface area contributed by atoms with Crippen LogP contribution in [0.4, 0.5) is 0 Å². The van der Waals surface area contributed by atoms with E-state index >= 15 is 0 Å². The molecule has 0 spiro atoms. The molecule has 0 radical (unpaired) electrons. The molecule has 45 heavy (non-hydrogen) atoms. The zero-order valence-electron chi connectivity index (χ0n) is 29.8. The van der Waals surface area contributed by atoms with Gasteiger partial charge in [0.1, 0.15) is 0 Å². The summed E-state index contributed by atoms with van der Waals surface area (Å²) in [5.41, 5.74) is 0. The highest BCUT2D eigenvalue weighted by atomic mass is 16.4. The molecule has 3 atom stereocenters. The number of carboxylic acid groups (broad SMARTS) is 3. The Bertz CT molecular complexity index is 722. The van der Waals surface area contributed by atoms with Crippen molar-refractivity contribution < 1.29 is 34.2 Å². The monoisotopic (exact) mass is 639 g/mol. The van der Waals surface area contributed by atoms with Crippen LogP contribution in [0, 0.1) is 0 Å². The maximum atomic E-state index is 12.6. The molecule has 0 aromatic rings. The fourth-order valence-corrected chi connectivity index (χ4v) is 7.16. The average Bonchev–Trinajstić information content (AvgIpc) is 3.00. The average molecular weight is 639 g/mol. The topological polar surface area (TPSA) is 112 Å². The lowest BCUT2D eigenvalue weighted by Gasteiger charge is -2.50. The molecular weight excluding hydrogens is 566 g/mol. The van der Waals surface area contributed by atoms with E-state index in [-0.39, 0.29) is 30.3 Å². The molecule has 3 N–H and O–H groups in total. The zero-order chi connectivity index (χ0) is 33.8. The van der Waals surface area contributed by atoms with Crippen LogP contribution in [-0.4, -0.2) is 62.4 Å². The minimum absolute atomic E-state index is 0.270. The van der Waals surface area contributed by atoms with Crippen molar-refractivity contribution >= 4 is 17.9 Å². The first-order valence-electron chi connectivity index (χ1n) is 18.9. The number of rotatable bonds is 33. The van der Waals surface area contributed by atoms with Crippen molar-refractivity contribution in [2.45, 2.75) is 206 Å². The SMILES string of the molecule is CCCCCCC/C=C/CCCCCCCCCCCCCC[N+](C(CCC)C(=O)O)(C(CCC)C(=O)O)C(CCC)C(=O)O. The molecule has 0 bridgehead atoms. The summed E-state index contributed by atoms with van der Waals surface area (Å²) < 4.78 is -0.370. The molecule has 0 aromatic carbocycles. The van der Waals surface area contributed by atoms with Gasteiger partial charge in [0.15, 0.2) is 18.1 Å². The normalized spacial score (nSPS) is 15.1. The van der Waals surface area contributed by atoms with E-state index in [1.165, 1.54) is 96.3 Å². The number of hydrogen-bond acceptors (Lipinski definition) is 3. The van der Waals surface area contributed by atoms with E-state index in [1.807, 2.05) is 20.8 Å². The highest BCUT2D eigenvalue weighted by Crippen LogP contribution is 2.34. The van der Waals surface area contributed by atoms with E-state index in [2.05, 4.69) is 19.1 Å². The van der Waals surface area contributed by atoms with Gasteiger partial charge in [0.05, 0.1) is 6.54 Å². The molecule has 0 aliphatic carbocycles. The first-order chi connectivity index (χ1) is 21.7. The maximum absolute atomic E-state index is 12.6. The molecule has 0 rings (SSSR count). The highest BCUT2D eigenvalue weighted by Gasteiger charge is 2.56. The van der Waals surface area contributed by atoms with Crippen molar-refractivity contribution in [2.75, 3.05) is 6.54 Å². The molecule has 0 saturated heterocycles. The van der Waals surface area contributed by atoms with Crippen LogP contribution in [-0.2, 0) is 14.4 Å². The second-order valence-electron chi connectivity index (χ2n) is 13.4. The van der Waals surface area contributed by atoms with Crippen LogP contribution < -0.4 is 0 Å². The molecule has 0 aliphatic rings. The second kappa shape index (κ2) is 28.3.